The molecule has 202 valence electrons. The molecule has 0 saturated carbocycles. The lowest BCUT2D eigenvalue weighted by atomic mass is 9.92. The fourth-order valence-corrected chi connectivity index (χ4v) is 6.21. The number of piperidine rings is 1. The van der Waals surface area contributed by atoms with Crippen LogP contribution < -0.4 is 4.72 Å². The van der Waals surface area contributed by atoms with E-state index in [-0.39, 0.29) is 42.9 Å². The molecule has 0 spiro atoms. The van der Waals surface area contributed by atoms with E-state index < -0.39 is 32.7 Å². The number of pyridine rings is 1. The van der Waals surface area contributed by atoms with Gasteiger partial charge in [-0.3, -0.25) is 4.79 Å². The number of nitrogens with one attached hydrogen (secondary N) is 1. The van der Waals surface area contributed by atoms with E-state index in [0.717, 1.165) is 17.7 Å². The summed E-state index contributed by atoms with van der Waals surface area (Å²) in [5, 5.41) is 0.255. The average Bonchev–Trinajstić information content (AvgIpc) is 2.88. The quantitative estimate of drug-likeness (QED) is 0.365. The zero-order valence-corrected chi connectivity index (χ0v) is 22.4. The summed E-state index contributed by atoms with van der Waals surface area (Å²) in [6.07, 6.45) is -3.00. The summed E-state index contributed by atoms with van der Waals surface area (Å²) < 4.78 is 71.0. The van der Waals surface area contributed by atoms with Crippen LogP contribution in [-0.4, -0.2) is 43.3 Å². The van der Waals surface area contributed by atoms with Crippen molar-refractivity contribution in [1.29, 1.82) is 0 Å². The number of carbonyl (C=O) groups excluding carboxylic acids is 1. The van der Waals surface area contributed by atoms with E-state index in [0.29, 0.717) is 16.7 Å². The molecule has 1 aliphatic rings. The predicted molar refractivity (Wildman–Crippen MR) is 139 cm³/mol. The molecule has 1 aromatic heterocycles. The van der Waals surface area contributed by atoms with Crippen molar-refractivity contribution in [3.05, 3.63) is 82.6 Å². The number of sulfonamides is 1. The molecule has 38 heavy (non-hydrogen) atoms. The van der Waals surface area contributed by atoms with E-state index in [1.54, 1.807) is 23.1 Å². The third-order valence-electron chi connectivity index (χ3n) is 6.55. The van der Waals surface area contributed by atoms with E-state index in [2.05, 4.69) is 9.71 Å². The molecular weight excluding hydrogens is 539 g/mol. The molecule has 0 bridgehead atoms. The summed E-state index contributed by atoms with van der Waals surface area (Å²) in [7, 11) is -4.49. The van der Waals surface area contributed by atoms with E-state index >= 15 is 0 Å². The van der Waals surface area contributed by atoms with Gasteiger partial charge in [0.15, 0.2) is 0 Å². The number of alkyl halides is 3. The number of aromatic nitrogens is 1. The Morgan fingerprint density at radius 1 is 1.08 bits per heavy atom. The number of nitrogens with zero attached hydrogens (tertiary/aromatic N) is 2. The number of benzene rings is 2. The average molecular weight is 566 g/mol. The molecule has 11 heteroatoms. The highest BCUT2D eigenvalue weighted by Crippen LogP contribution is 2.38. The van der Waals surface area contributed by atoms with Gasteiger partial charge in [0.05, 0.1) is 16.0 Å². The Kier molecular flexibility index (Phi) is 8.15. The predicted octanol–water partition coefficient (Wildman–Crippen LogP) is 6.13. The maximum absolute atomic E-state index is 14.1. The Morgan fingerprint density at radius 3 is 2.37 bits per heavy atom. The topological polar surface area (TPSA) is 79.4 Å². The molecule has 0 aliphatic carbocycles. The molecular formula is C27H27ClF3N3O3S. The van der Waals surface area contributed by atoms with Gasteiger partial charge in [-0.1, -0.05) is 55.8 Å². The van der Waals surface area contributed by atoms with E-state index in [9.17, 15) is 26.4 Å². The van der Waals surface area contributed by atoms with Crippen LogP contribution in [-0.2, 0) is 16.2 Å². The van der Waals surface area contributed by atoms with Gasteiger partial charge in [0.25, 0.3) is 5.91 Å². The second kappa shape index (κ2) is 11.0. The summed E-state index contributed by atoms with van der Waals surface area (Å²) in [6.45, 7) is 4.37. The SMILES string of the molecule is CC(C)c1ccccc1-c1ccc(S(=O)(=O)NC2CCN(C(=O)c3ccc(Cl)nc3)CC2)c(C(F)(F)F)c1. The minimum atomic E-state index is -4.88. The largest absolute Gasteiger partial charge is 0.417 e. The van der Waals surface area contributed by atoms with Gasteiger partial charge in [-0.2, -0.15) is 13.2 Å². The molecule has 0 atom stereocenters. The van der Waals surface area contributed by atoms with Gasteiger partial charge in [0, 0.05) is 25.3 Å². The first-order chi connectivity index (χ1) is 17.9. The summed E-state index contributed by atoms with van der Waals surface area (Å²) in [5.74, 6) is -0.202. The number of hydrogen-bond donors (Lipinski definition) is 1. The van der Waals surface area contributed by atoms with Crippen LogP contribution in [0.1, 0.15) is 54.1 Å². The molecule has 1 fully saturated rings. The number of hydrogen-bond acceptors (Lipinski definition) is 4. The molecule has 6 nitrogen and oxygen atoms in total. The lowest BCUT2D eigenvalue weighted by molar-refractivity contribution is -0.139. The highest BCUT2D eigenvalue weighted by molar-refractivity contribution is 7.89. The first-order valence-electron chi connectivity index (χ1n) is 12.1. The van der Waals surface area contributed by atoms with Gasteiger partial charge in [-0.25, -0.2) is 18.1 Å². The second-order valence-corrected chi connectivity index (χ2v) is 11.6. The smallest absolute Gasteiger partial charge is 0.338 e. The lowest BCUT2D eigenvalue weighted by Gasteiger charge is -2.32. The minimum absolute atomic E-state index is 0.0688. The molecule has 1 amide bonds. The van der Waals surface area contributed by atoms with Crippen LogP contribution in [0.25, 0.3) is 11.1 Å². The second-order valence-electron chi connectivity index (χ2n) is 9.51. The molecule has 0 unspecified atom stereocenters. The molecule has 2 heterocycles. The third kappa shape index (κ3) is 6.19. The third-order valence-corrected chi connectivity index (χ3v) is 8.35. The number of halogens is 4. The Hall–Kier alpha value is -2.95. The van der Waals surface area contributed by atoms with Crippen molar-refractivity contribution in [1.82, 2.24) is 14.6 Å². The monoisotopic (exact) mass is 565 g/mol. The molecule has 2 aromatic carbocycles. The number of carbonyl (C=O) groups is 1. The van der Waals surface area contributed by atoms with E-state index in [4.69, 9.17) is 11.6 Å². The maximum Gasteiger partial charge on any atom is 0.417 e. The van der Waals surface area contributed by atoms with Crippen molar-refractivity contribution < 1.29 is 26.4 Å². The minimum Gasteiger partial charge on any atom is -0.338 e. The van der Waals surface area contributed by atoms with E-state index in [1.807, 2.05) is 26.0 Å². The number of rotatable bonds is 6. The summed E-state index contributed by atoms with van der Waals surface area (Å²) in [6, 6.07) is 12.9. The molecule has 1 N–H and O–H groups in total. The fourth-order valence-electron chi connectivity index (χ4n) is 4.58. The highest BCUT2D eigenvalue weighted by atomic mass is 35.5. The molecule has 1 saturated heterocycles. The van der Waals surface area contributed by atoms with Gasteiger partial charge in [0.1, 0.15) is 5.15 Å². The fraction of sp³-hybridized carbons (Fsp3) is 0.333. The Morgan fingerprint density at radius 2 is 1.76 bits per heavy atom. The first kappa shape index (κ1) is 28.1. The standard InChI is InChI=1S/C27H27ClF3N3O3S/c1-17(2)21-5-3-4-6-22(21)18-7-9-24(23(15-18)27(29,30)31)38(36,37)33-20-11-13-34(14-12-20)26(35)19-8-10-25(28)32-16-19/h3-10,15-17,20,33H,11-14H2,1-2H3. The molecule has 3 aromatic rings. The van der Waals surface area contributed by atoms with Crippen molar-refractivity contribution in [3.63, 3.8) is 0 Å². The van der Waals surface area contributed by atoms with Crippen LogP contribution in [0.5, 0.6) is 0 Å². The summed E-state index contributed by atoms with van der Waals surface area (Å²) in [5.41, 5.74) is 0.915. The highest BCUT2D eigenvalue weighted by Gasteiger charge is 2.38. The van der Waals surface area contributed by atoms with Gasteiger partial charge >= 0.3 is 6.18 Å². The van der Waals surface area contributed by atoms with Crippen molar-refractivity contribution in [2.24, 2.45) is 0 Å². The Bertz CT molecular complexity index is 1420. The van der Waals surface area contributed by atoms with Crippen LogP contribution in [0.2, 0.25) is 5.15 Å². The van der Waals surface area contributed by atoms with Crippen LogP contribution in [0, 0.1) is 0 Å². The lowest BCUT2D eigenvalue weighted by Crippen LogP contribution is -2.46. The Balaban J connectivity index is 1.54. The zero-order valence-electron chi connectivity index (χ0n) is 20.8. The van der Waals surface area contributed by atoms with Gasteiger partial charge < -0.3 is 4.90 Å². The number of likely N-dealkylation sites (tertiary alicyclic amines) is 1. The summed E-state index contributed by atoms with van der Waals surface area (Å²) in [4.78, 5) is 17.3. The molecule has 4 rings (SSSR count). The number of amides is 1. The zero-order chi connectivity index (χ0) is 27.7. The first-order valence-corrected chi connectivity index (χ1v) is 14.0. The van der Waals surface area contributed by atoms with Gasteiger partial charge in [-0.15, -0.1) is 0 Å². The van der Waals surface area contributed by atoms with Gasteiger partial charge in [-0.05, 0) is 59.7 Å². The van der Waals surface area contributed by atoms with Crippen LogP contribution >= 0.6 is 11.6 Å². The normalized spacial score (nSPS) is 15.2. The van der Waals surface area contributed by atoms with E-state index in [1.165, 1.54) is 18.3 Å². The Labute approximate surface area is 224 Å². The van der Waals surface area contributed by atoms with Crippen molar-refractivity contribution in [3.8, 4) is 11.1 Å². The van der Waals surface area contributed by atoms with Crippen LogP contribution in [0.15, 0.2) is 65.7 Å². The molecule has 1 aliphatic heterocycles. The van der Waals surface area contributed by atoms with Gasteiger partial charge in [0.2, 0.25) is 10.0 Å². The summed E-state index contributed by atoms with van der Waals surface area (Å²) >= 11 is 5.76. The van der Waals surface area contributed by atoms with Crippen molar-refractivity contribution >= 4 is 27.5 Å². The van der Waals surface area contributed by atoms with Crippen molar-refractivity contribution in [2.45, 2.75) is 49.7 Å². The van der Waals surface area contributed by atoms with Crippen LogP contribution in [0.4, 0.5) is 13.2 Å². The van der Waals surface area contributed by atoms with Crippen LogP contribution in [0.3, 0.4) is 0 Å². The van der Waals surface area contributed by atoms with Crippen molar-refractivity contribution in [2.75, 3.05) is 13.1 Å². The molecule has 0 radical (unpaired) electrons. The maximum atomic E-state index is 14.1.